The normalized spacial score (nSPS) is 20.4. The van der Waals surface area contributed by atoms with Crippen molar-refractivity contribution in [3.8, 4) is 33.4 Å². The van der Waals surface area contributed by atoms with Gasteiger partial charge in [-0.3, -0.25) is 14.4 Å². The second kappa shape index (κ2) is 19.5. The van der Waals surface area contributed by atoms with E-state index in [1.807, 2.05) is 56.2 Å². The monoisotopic (exact) mass is 1060 g/mol. The minimum Gasteiger partial charge on any atom is -0.361 e. The Morgan fingerprint density at radius 2 is 0.772 bits per heavy atom. The van der Waals surface area contributed by atoms with Gasteiger partial charge in [0.1, 0.15) is 51.3 Å². The van der Waals surface area contributed by atoms with Crippen molar-refractivity contribution in [3.63, 3.8) is 0 Å². The summed E-state index contributed by atoms with van der Waals surface area (Å²) in [4.78, 5) is 68.8. The molecule has 79 heavy (non-hydrogen) atoms. The molecular formula is C61H68N12O6. The van der Waals surface area contributed by atoms with Gasteiger partial charge in [-0.15, -0.1) is 0 Å². The average molecular weight is 1070 g/mol. The number of benzene rings is 3. The highest BCUT2D eigenvalue weighted by atomic mass is 16.5. The first-order valence-corrected chi connectivity index (χ1v) is 28.5. The summed E-state index contributed by atoms with van der Waals surface area (Å²) >= 11 is 0. The van der Waals surface area contributed by atoms with Crippen LogP contribution in [0, 0.1) is 41.5 Å². The Morgan fingerprint density at radius 3 is 1.05 bits per heavy atom. The first-order valence-electron chi connectivity index (χ1n) is 28.5. The van der Waals surface area contributed by atoms with Crippen LogP contribution in [-0.2, 0) is 14.4 Å². The standard InChI is InChI=1S/C21H24N4O2.2C20H22N4O2/c1-4-15-7-8-18(26)25(15)17-10-14(19-11(2)24-27-12(19)3)9-16-20(17)23-21(22-16)13-5-6-13;2*1-10-4-7-17(25)24(10)16-9-14(18-11(2)23-26-12(18)3)8-15-19(16)22-20(21-15)13-5-6-13/h9-10,13,15H,4-8H2,1-3H3,(H,22,23);2*8-10,13H,4-7H2,1-3H3,(H,21,22)/t;10-;/m.1./s1. The summed E-state index contributed by atoms with van der Waals surface area (Å²) in [5.74, 6) is 7.62. The van der Waals surface area contributed by atoms with Crippen molar-refractivity contribution in [2.75, 3.05) is 14.7 Å². The summed E-state index contributed by atoms with van der Waals surface area (Å²) in [5, 5.41) is 12.3. The molecule has 3 atom stereocenters. The van der Waals surface area contributed by atoms with Crippen LogP contribution in [0.5, 0.6) is 0 Å². The molecule has 0 spiro atoms. The van der Waals surface area contributed by atoms with Gasteiger partial charge in [0.2, 0.25) is 17.7 Å². The van der Waals surface area contributed by atoms with E-state index in [0.717, 1.165) is 161 Å². The van der Waals surface area contributed by atoms with Gasteiger partial charge in [0.15, 0.2) is 0 Å². The zero-order valence-corrected chi connectivity index (χ0v) is 46.6. The smallest absolute Gasteiger partial charge is 0.227 e. The Labute approximate surface area is 457 Å². The SMILES string of the molecule is CCC1CCC(=O)N1c1cc(-c2c(C)noc2C)cc2[nH]c(C3CC3)nc12.Cc1noc(C)c1-c1cc(N2C(=O)CCC2C)c2nc(C3CC3)[nH]c2c1.Cc1noc(C)c1-c1cc(N2C(=O)CC[C@H]2C)c2nc(C3CC3)[nH]c2c1. The average Bonchev–Trinajstić information content (AvgIpc) is 4.51. The first-order chi connectivity index (χ1) is 38.1. The number of aryl methyl sites for hydroxylation is 6. The number of hydrogen-bond donors (Lipinski definition) is 3. The highest BCUT2D eigenvalue weighted by Gasteiger charge is 2.37. The van der Waals surface area contributed by atoms with E-state index in [0.29, 0.717) is 37.0 Å². The number of imidazole rings is 3. The highest BCUT2D eigenvalue weighted by Crippen LogP contribution is 2.46. The molecule has 3 N–H and O–H groups in total. The number of hydrogen-bond acceptors (Lipinski definition) is 12. The molecule has 3 saturated heterocycles. The maximum Gasteiger partial charge on any atom is 0.227 e. The number of anilines is 3. The lowest BCUT2D eigenvalue weighted by molar-refractivity contribution is -0.118. The van der Waals surface area contributed by atoms with E-state index in [4.69, 9.17) is 28.5 Å². The molecule has 6 aromatic heterocycles. The van der Waals surface area contributed by atoms with Crippen LogP contribution < -0.4 is 14.7 Å². The van der Waals surface area contributed by atoms with E-state index >= 15 is 0 Å². The number of amides is 3. The van der Waals surface area contributed by atoms with Crippen molar-refractivity contribution < 1.29 is 28.0 Å². The number of rotatable bonds is 10. The maximum atomic E-state index is 12.7. The van der Waals surface area contributed by atoms with Crippen molar-refractivity contribution in [1.82, 2.24) is 45.4 Å². The largest absolute Gasteiger partial charge is 0.361 e. The number of carbonyl (C=O) groups excluding carboxylic acids is 3. The molecule has 15 rings (SSSR count). The molecule has 6 aliphatic rings. The molecular weight excluding hydrogens is 997 g/mol. The van der Waals surface area contributed by atoms with E-state index in [9.17, 15) is 14.4 Å². The summed E-state index contributed by atoms with van der Waals surface area (Å²) < 4.78 is 16.1. The Balaban J connectivity index is 0.000000112. The van der Waals surface area contributed by atoms with E-state index in [-0.39, 0.29) is 35.8 Å². The molecule has 2 unspecified atom stereocenters. The van der Waals surface area contributed by atoms with E-state index in [2.05, 4.69) is 87.6 Å². The highest BCUT2D eigenvalue weighted by molar-refractivity contribution is 6.07. The van der Waals surface area contributed by atoms with Gasteiger partial charge in [0.05, 0.1) is 50.7 Å². The quantitative estimate of drug-likeness (QED) is 0.116. The number of nitrogens with one attached hydrogen (secondary N) is 3. The van der Waals surface area contributed by atoms with Crippen LogP contribution in [0.25, 0.3) is 66.5 Å². The summed E-state index contributed by atoms with van der Waals surface area (Å²) in [6, 6.07) is 13.2. The molecule has 3 aromatic carbocycles. The van der Waals surface area contributed by atoms with Crippen LogP contribution in [0.4, 0.5) is 17.1 Å². The van der Waals surface area contributed by atoms with Gasteiger partial charge in [0, 0.05) is 71.8 Å². The molecule has 6 fully saturated rings. The molecule has 408 valence electrons. The lowest BCUT2D eigenvalue weighted by atomic mass is 10.0. The molecule has 9 aromatic rings. The third kappa shape index (κ3) is 9.09. The van der Waals surface area contributed by atoms with Gasteiger partial charge in [-0.05, 0) is 173 Å². The van der Waals surface area contributed by atoms with Crippen LogP contribution >= 0.6 is 0 Å². The topological polar surface area (TPSA) is 225 Å². The number of aromatic nitrogens is 9. The molecule has 9 heterocycles. The van der Waals surface area contributed by atoms with Crippen molar-refractivity contribution in [2.45, 2.75) is 182 Å². The van der Waals surface area contributed by atoms with E-state index in [1.165, 1.54) is 38.5 Å². The van der Waals surface area contributed by atoms with E-state index < -0.39 is 0 Å². The molecule has 18 nitrogen and oxygen atoms in total. The minimum atomic E-state index is 0.172. The second-order valence-corrected chi connectivity index (χ2v) is 23.1. The van der Waals surface area contributed by atoms with Crippen LogP contribution in [-0.4, -0.2) is 81.2 Å². The fourth-order valence-electron chi connectivity index (χ4n) is 12.5. The van der Waals surface area contributed by atoms with Gasteiger partial charge < -0.3 is 43.2 Å². The number of carbonyl (C=O) groups is 3. The lowest BCUT2D eigenvalue weighted by Crippen LogP contribution is -2.32. The van der Waals surface area contributed by atoms with Crippen molar-refractivity contribution >= 4 is 67.9 Å². The minimum absolute atomic E-state index is 0.172. The fourth-order valence-corrected chi connectivity index (χ4v) is 12.5. The van der Waals surface area contributed by atoms with Crippen molar-refractivity contribution in [2.24, 2.45) is 0 Å². The molecule has 18 heteroatoms. The van der Waals surface area contributed by atoms with Crippen molar-refractivity contribution in [1.29, 1.82) is 0 Å². The molecule has 0 bridgehead atoms. The van der Waals surface area contributed by atoms with Crippen LogP contribution in [0.15, 0.2) is 50.0 Å². The molecule has 0 radical (unpaired) electrons. The maximum absolute atomic E-state index is 12.7. The van der Waals surface area contributed by atoms with Crippen LogP contribution in [0.1, 0.15) is 174 Å². The molecule has 3 aliphatic carbocycles. The van der Waals surface area contributed by atoms with Gasteiger partial charge in [-0.25, -0.2) is 15.0 Å². The Morgan fingerprint density at radius 1 is 0.456 bits per heavy atom. The Kier molecular flexibility index (Phi) is 12.5. The van der Waals surface area contributed by atoms with Crippen molar-refractivity contribution in [3.05, 3.63) is 88.2 Å². The number of aromatic amines is 3. The molecule has 3 amide bonds. The molecule has 3 aliphatic heterocycles. The number of H-pyrrole nitrogens is 3. The lowest BCUT2D eigenvalue weighted by Gasteiger charge is -2.25. The predicted octanol–water partition coefficient (Wildman–Crippen LogP) is 13.1. The second-order valence-electron chi connectivity index (χ2n) is 23.1. The number of fused-ring (bicyclic) bond motifs is 3. The van der Waals surface area contributed by atoms with Crippen LogP contribution in [0.2, 0.25) is 0 Å². The zero-order chi connectivity index (χ0) is 54.7. The van der Waals surface area contributed by atoms with Crippen LogP contribution in [0.3, 0.4) is 0 Å². The fraction of sp³-hybridized carbons (Fsp3) is 0.459. The van der Waals surface area contributed by atoms with Gasteiger partial charge in [-0.1, -0.05) is 22.4 Å². The van der Waals surface area contributed by atoms with Gasteiger partial charge >= 0.3 is 0 Å². The Bertz CT molecular complexity index is 3670. The predicted molar refractivity (Wildman–Crippen MR) is 302 cm³/mol. The first kappa shape index (κ1) is 50.6. The van der Waals surface area contributed by atoms with Gasteiger partial charge in [-0.2, -0.15) is 0 Å². The third-order valence-corrected chi connectivity index (χ3v) is 17.2. The van der Waals surface area contributed by atoms with E-state index in [1.54, 1.807) is 0 Å². The summed E-state index contributed by atoms with van der Waals surface area (Å²) in [7, 11) is 0. The third-order valence-electron chi connectivity index (χ3n) is 17.2. The number of nitrogens with zero attached hydrogens (tertiary/aromatic N) is 9. The summed E-state index contributed by atoms with van der Waals surface area (Å²) in [6.45, 7) is 18.0. The van der Waals surface area contributed by atoms with Gasteiger partial charge in [0.25, 0.3) is 0 Å². The zero-order valence-electron chi connectivity index (χ0n) is 46.6. The Hall–Kier alpha value is -7.89. The summed E-state index contributed by atoms with van der Waals surface area (Å²) in [6.07, 6.45) is 12.5. The molecule has 3 saturated carbocycles. The summed E-state index contributed by atoms with van der Waals surface area (Å²) in [5.41, 5.74) is 17.0.